The standard InChI is InChI=1S/C11H19N3O2/c1-2-15-8-9-13-10(14-16-9)11(12)6-4-3-5-7-11/h2-8,12H2,1H3. The van der Waals surface area contributed by atoms with Crippen LogP contribution in [0.15, 0.2) is 4.52 Å². The fourth-order valence-electron chi connectivity index (χ4n) is 2.11. The van der Waals surface area contributed by atoms with Crippen molar-refractivity contribution in [2.75, 3.05) is 6.61 Å². The van der Waals surface area contributed by atoms with Crippen LogP contribution in [0.25, 0.3) is 0 Å². The fourth-order valence-corrected chi connectivity index (χ4v) is 2.11. The Bertz CT molecular complexity index is 332. The van der Waals surface area contributed by atoms with Gasteiger partial charge < -0.3 is 15.0 Å². The first-order valence-corrected chi connectivity index (χ1v) is 5.94. The van der Waals surface area contributed by atoms with E-state index >= 15 is 0 Å². The summed E-state index contributed by atoms with van der Waals surface area (Å²) in [6.45, 7) is 2.95. The van der Waals surface area contributed by atoms with E-state index in [9.17, 15) is 0 Å². The molecule has 2 rings (SSSR count). The van der Waals surface area contributed by atoms with E-state index in [4.69, 9.17) is 15.0 Å². The summed E-state index contributed by atoms with van der Waals surface area (Å²) in [6.07, 6.45) is 5.43. The topological polar surface area (TPSA) is 74.2 Å². The third-order valence-corrected chi connectivity index (χ3v) is 3.09. The Kier molecular flexibility index (Phi) is 3.56. The predicted octanol–water partition coefficient (Wildman–Crippen LogP) is 1.72. The Morgan fingerprint density at radius 1 is 1.38 bits per heavy atom. The second-order valence-corrected chi connectivity index (χ2v) is 4.37. The molecule has 0 aromatic carbocycles. The normalized spacial score (nSPS) is 19.9. The van der Waals surface area contributed by atoms with Crippen molar-refractivity contribution in [1.29, 1.82) is 0 Å². The van der Waals surface area contributed by atoms with Gasteiger partial charge in [-0.05, 0) is 19.8 Å². The molecule has 1 fully saturated rings. The Hall–Kier alpha value is -0.940. The Labute approximate surface area is 95.3 Å². The van der Waals surface area contributed by atoms with E-state index in [0.717, 1.165) is 25.7 Å². The molecule has 1 aromatic heterocycles. The number of aromatic nitrogens is 2. The van der Waals surface area contributed by atoms with E-state index in [1.54, 1.807) is 0 Å². The molecule has 0 saturated heterocycles. The lowest BCUT2D eigenvalue weighted by Crippen LogP contribution is -2.39. The van der Waals surface area contributed by atoms with Gasteiger partial charge in [-0.2, -0.15) is 4.98 Å². The molecule has 0 unspecified atom stereocenters. The Balaban J connectivity index is 2.05. The van der Waals surface area contributed by atoms with Crippen molar-refractivity contribution in [2.24, 2.45) is 5.73 Å². The van der Waals surface area contributed by atoms with Crippen molar-refractivity contribution in [1.82, 2.24) is 10.1 Å². The van der Waals surface area contributed by atoms with Crippen molar-refractivity contribution in [3.05, 3.63) is 11.7 Å². The number of ether oxygens (including phenoxy) is 1. The molecule has 0 amide bonds. The number of hydrogen-bond donors (Lipinski definition) is 1. The monoisotopic (exact) mass is 225 g/mol. The minimum atomic E-state index is -0.383. The Morgan fingerprint density at radius 3 is 2.81 bits per heavy atom. The molecule has 1 aromatic rings. The average molecular weight is 225 g/mol. The van der Waals surface area contributed by atoms with Crippen molar-refractivity contribution in [3.8, 4) is 0 Å². The summed E-state index contributed by atoms with van der Waals surface area (Å²) in [7, 11) is 0. The van der Waals surface area contributed by atoms with E-state index < -0.39 is 0 Å². The molecule has 1 aliphatic rings. The first-order valence-electron chi connectivity index (χ1n) is 5.94. The van der Waals surface area contributed by atoms with Crippen LogP contribution in [0.3, 0.4) is 0 Å². The smallest absolute Gasteiger partial charge is 0.252 e. The van der Waals surface area contributed by atoms with Gasteiger partial charge in [0.2, 0.25) is 0 Å². The molecule has 5 nitrogen and oxygen atoms in total. The molecule has 0 aliphatic heterocycles. The lowest BCUT2D eigenvalue weighted by atomic mass is 9.82. The molecular formula is C11H19N3O2. The van der Waals surface area contributed by atoms with Gasteiger partial charge in [-0.1, -0.05) is 24.4 Å². The van der Waals surface area contributed by atoms with Gasteiger partial charge in [0, 0.05) is 6.61 Å². The maximum Gasteiger partial charge on any atom is 0.252 e. The lowest BCUT2D eigenvalue weighted by Gasteiger charge is -2.29. The number of hydrogen-bond acceptors (Lipinski definition) is 5. The molecule has 5 heteroatoms. The lowest BCUT2D eigenvalue weighted by molar-refractivity contribution is 0.109. The highest BCUT2D eigenvalue weighted by Crippen LogP contribution is 2.32. The zero-order valence-corrected chi connectivity index (χ0v) is 9.74. The van der Waals surface area contributed by atoms with E-state index in [-0.39, 0.29) is 5.54 Å². The zero-order valence-electron chi connectivity index (χ0n) is 9.74. The van der Waals surface area contributed by atoms with Gasteiger partial charge in [-0.25, -0.2) is 0 Å². The van der Waals surface area contributed by atoms with E-state index in [2.05, 4.69) is 10.1 Å². The Morgan fingerprint density at radius 2 is 2.12 bits per heavy atom. The quantitative estimate of drug-likeness (QED) is 0.844. The van der Waals surface area contributed by atoms with E-state index in [1.165, 1.54) is 6.42 Å². The fraction of sp³-hybridized carbons (Fsp3) is 0.818. The maximum atomic E-state index is 6.30. The minimum absolute atomic E-state index is 0.375. The van der Waals surface area contributed by atoms with Crippen molar-refractivity contribution in [3.63, 3.8) is 0 Å². The van der Waals surface area contributed by atoms with Gasteiger partial charge >= 0.3 is 0 Å². The molecule has 1 heterocycles. The largest absolute Gasteiger partial charge is 0.372 e. The van der Waals surface area contributed by atoms with Crippen LogP contribution >= 0.6 is 0 Å². The molecule has 0 bridgehead atoms. The number of rotatable bonds is 4. The summed E-state index contributed by atoms with van der Waals surface area (Å²) < 4.78 is 10.3. The third kappa shape index (κ3) is 2.41. The molecule has 16 heavy (non-hydrogen) atoms. The van der Waals surface area contributed by atoms with Gasteiger partial charge in [0.15, 0.2) is 5.82 Å². The van der Waals surface area contributed by atoms with Crippen LogP contribution in [0, 0.1) is 0 Å². The van der Waals surface area contributed by atoms with Crippen molar-refractivity contribution < 1.29 is 9.26 Å². The zero-order chi connectivity index (χ0) is 11.4. The predicted molar refractivity (Wildman–Crippen MR) is 58.6 cm³/mol. The maximum absolute atomic E-state index is 6.30. The van der Waals surface area contributed by atoms with Crippen LogP contribution in [0.2, 0.25) is 0 Å². The summed E-state index contributed by atoms with van der Waals surface area (Å²) in [6, 6.07) is 0. The summed E-state index contributed by atoms with van der Waals surface area (Å²) in [5.41, 5.74) is 5.91. The molecular weight excluding hydrogens is 206 g/mol. The summed E-state index contributed by atoms with van der Waals surface area (Å²) in [4.78, 5) is 4.32. The highest BCUT2D eigenvalue weighted by Gasteiger charge is 2.34. The minimum Gasteiger partial charge on any atom is -0.372 e. The highest BCUT2D eigenvalue weighted by atomic mass is 16.5. The van der Waals surface area contributed by atoms with E-state index in [0.29, 0.717) is 24.9 Å². The molecule has 2 N–H and O–H groups in total. The van der Waals surface area contributed by atoms with Crippen molar-refractivity contribution >= 4 is 0 Å². The van der Waals surface area contributed by atoms with Gasteiger partial charge in [-0.15, -0.1) is 0 Å². The molecule has 1 aliphatic carbocycles. The van der Waals surface area contributed by atoms with Crippen LogP contribution < -0.4 is 5.73 Å². The first-order chi connectivity index (χ1) is 7.74. The summed E-state index contributed by atoms with van der Waals surface area (Å²) >= 11 is 0. The summed E-state index contributed by atoms with van der Waals surface area (Å²) in [5, 5.41) is 3.97. The van der Waals surface area contributed by atoms with Crippen LogP contribution in [-0.4, -0.2) is 16.7 Å². The highest BCUT2D eigenvalue weighted by molar-refractivity contribution is 5.05. The van der Waals surface area contributed by atoms with Gasteiger partial charge in [0.25, 0.3) is 5.89 Å². The third-order valence-electron chi connectivity index (χ3n) is 3.09. The SMILES string of the molecule is CCOCc1nc(C2(N)CCCCC2)no1. The van der Waals surface area contributed by atoms with Crippen molar-refractivity contribution in [2.45, 2.75) is 51.2 Å². The van der Waals surface area contributed by atoms with Crippen LogP contribution in [0.5, 0.6) is 0 Å². The molecule has 0 spiro atoms. The second-order valence-electron chi connectivity index (χ2n) is 4.37. The molecule has 90 valence electrons. The van der Waals surface area contributed by atoms with E-state index in [1.807, 2.05) is 6.92 Å². The van der Waals surface area contributed by atoms with Crippen LogP contribution in [0.4, 0.5) is 0 Å². The van der Waals surface area contributed by atoms with Crippen LogP contribution in [0.1, 0.15) is 50.7 Å². The molecule has 0 atom stereocenters. The molecule has 1 saturated carbocycles. The molecule has 0 radical (unpaired) electrons. The van der Waals surface area contributed by atoms with Gasteiger partial charge in [0.05, 0.1) is 5.54 Å². The van der Waals surface area contributed by atoms with Gasteiger partial charge in [0.1, 0.15) is 6.61 Å². The second kappa shape index (κ2) is 4.93. The number of nitrogens with zero attached hydrogens (tertiary/aromatic N) is 2. The van der Waals surface area contributed by atoms with Gasteiger partial charge in [-0.3, -0.25) is 0 Å². The van der Waals surface area contributed by atoms with Crippen LogP contribution in [-0.2, 0) is 16.9 Å². The first kappa shape index (κ1) is 11.5. The average Bonchev–Trinajstić information content (AvgIpc) is 2.77. The summed E-state index contributed by atoms with van der Waals surface area (Å²) in [5.74, 6) is 1.16. The number of nitrogens with two attached hydrogens (primary N) is 1.